The summed E-state index contributed by atoms with van der Waals surface area (Å²) in [5, 5.41) is 10.2. The highest BCUT2D eigenvalue weighted by Crippen LogP contribution is 2.35. The topological polar surface area (TPSA) is 84.1 Å². The summed E-state index contributed by atoms with van der Waals surface area (Å²) in [6.07, 6.45) is 15.1. The second kappa shape index (κ2) is 15.8. The van der Waals surface area contributed by atoms with Crippen molar-refractivity contribution < 1.29 is 0 Å². The van der Waals surface area contributed by atoms with Gasteiger partial charge in [0.1, 0.15) is 0 Å². The van der Waals surface area contributed by atoms with E-state index in [1.807, 2.05) is 61.5 Å². The SMILES string of the molecule is C=C/C(C)=C/C=C\c1ccc[nH]1.C=Cc1cnc(Nc2ccc(SN3CCNCC3)c(N3CCNCC3)c2)nc1. The highest BCUT2D eigenvalue weighted by molar-refractivity contribution is 7.97. The minimum absolute atomic E-state index is 0.597. The van der Waals surface area contributed by atoms with Crippen molar-refractivity contribution in [1.82, 2.24) is 29.9 Å². The van der Waals surface area contributed by atoms with Crippen molar-refractivity contribution in [3.8, 4) is 0 Å². The number of H-pyrrole nitrogens is 1. The van der Waals surface area contributed by atoms with Crippen molar-refractivity contribution >= 4 is 41.4 Å². The Morgan fingerprint density at radius 1 is 1.00 bits per heavy atom. The van der Waals surface area contributed by atoms with Crippen LogP contribution in [-0.2, 0) is 0 Å². The van der Waals surface area contributed by atoms with Crippen LogP contribution in [-0.4, -0.2) is 71.6 Å². The zero-order chi connectivity index (χ0) is 28.0. The first-order valence-corrected chi connectivity index (χ1v) is 14.5. The lowest BCUT2D eigenvalue weighted by atomic mass is 10.2. The molecule has 2 aromatic heterocycles. The number of hydrogen-bond acceptors (Lipinski definition) is 8. The molecule has 5 rings (SSSR count). The fourth-order valence-corrected chi connectivity index (χ4v) is 5.21. The first kappa shape index (κ1) is 29.4. The Hall–Kier alpha value is -3.63. The third-order valence-electron chi connectivity index (χ3n) is 6.46. The standard InChI is InChI=1S/C20H27N7S.C11H13N/c1-2-16-14-23-20(24-15-16)25-17-3-4-19(28-27-11-7-22-8-12-27)18(13-17)26-9-5-21-6-10-26;1-3-10(2)6-4-7-11-8-5-9-12-11/h2-4,13-15,21-22H,1,5-12H2,(H,23,24,25);3-9,12H,1H2,2H3/b;7-4-,10-6+. The van der Waals surface area contributed by atoms with Gasteiger partial charge in [0.2, 0.25) is 5.95 Å². The van der Waals surface area contributed by atoms with Gasteiger partial charge in [-0.2, -0.15) is 0 Å². The number of aromatic amines is 1. The van der Waals surface area contributed by atoms with Crippen molar-refractivity contribution in [2.75, 3.05) is 62.6 Å². The van der Waals surface area contributed by atoms with Crippen LogP contribution < -0.4 is 20.9 Å². The van der Waals surface area contributed by atoms with Crippen molar-refractivity contribution in [3.63, 3.8) is 0 Å². The van der Waals surface area contributed by atoms with Crippen LogP contribution >= 0.6 is 11.9 Å². The molecule has 9 heteroatoms. The van der Waals surface area contributed by atoms with Crippen molar-refractivity contribution in [2.45, 2.75) is 11.8 Å². The van der Waals surface area contributed by atoms with E-state index in [0.29, 0.717) is 5.95 Å². The van der Waals surface area contributed by atoms with Gasteiger partial charge in [0.15, 0.2) is 0 Å². The second-order valence-electron chi connectivity index (χ2n) is 9.46. The smallest absolute Gasteiger partial charge is 0.227 e. The third-order valence-corrected chi connectivity index (χ3v) is 7.63. The molecule has 0 amide bonds. The summed E-state index contributed by atoms with van der Waals surface area (Å²) in [7, 11) is 0. The van der Waals surface area contributed by atoms with E-state index in [0.717, 1.165) is 74.9 Å². The Balaban J connectivity index is 0.000000259. The quantitative estimate of drug-likeness (QED) is 0.208. The van der Waals surface area contributed by atoms with Gasteiger partial charge < -0.3 is 25.8 Å². The van der Waals surface area contributed by atoms with Crippen LogP contribution in [0.4, 0.5) is 17.3 Å². The number of benzene rings is 1. The van der Waals surface area contributed by atoms with Gasteiger partial charge in [0, 0.05) is 92.8 Å². The van der Waals surface area contributed by atoms with Gasteiger partial charge in [0.25, 0.3) is 0 Å². The van der Waals surface area contributed by atoms with E-state index in [1.54, 1.807) is 18.5 Å². The minimum atomic E-state index is 0.597. The van der Waals surface area contributed by atoms with E-state index in [9.17, 15) is 0 Å². The van der Waals surface area contributed by atoms with Crippen LogP contribution in [0.5, 0.6) is 0 Å². The van der Waals surface area contributed by atoms with Gasteiger partial charge in [-0.1, -0.05) is 43.0 Å². The maximum absolute atomic E-state index is 4.37. The molecule has 0 aliphatic carbocycles. The van der Waals surface area contributed by atoms with Crippen molar-refractivity contribution in [2.24, 2.45) is 0 Å². The summed E-state index contributed by atoms with van der Waals surface area (Å²) in [6.45, 7) is 17.7. The number of rotatable bonds is 9. The molecule has 0 spiro atoms. The number of allylic oxidation sites excluding steroid dienone is 4. The molecule has 2 saturated heterocycles. The van der Waals surface area contributed by atoms with Gasteiger partial charge in [0.05, 0.1) is 5.69 Å². The number of nitrogens with one attached hydrogen (secondary N) is 4. The number of nitrogens with zero attached hydrogens (tertiary/aromatic N) is 4. The van der Waals surface area contributed by atoms with Gasteiger partial charge in [-0.3, -0.25) is 0 Å². The van der Waals surface area contributed by atoms with Crippen LogP contribution in [0.25, 0.3) is 12.2 Å². The fraction of sp³-hybridized carbons (Fsp3) is 0.290. The lowest BCUT2D eigenvalue weighted by molar-refractivity contribution is 0.396. The summed E-state index contributed by atoms with van der Waals surface area (Å²) in [5.74, 6) is 0.597. The summed E-state index contributed by atoms with van der Waals surface area (Å²) in [4.78, 5) is 15.6. The van der Waals surface area contributed by atoms with Crippen molar-refractivity contribution in [3.05, 3.63) is 97.1 Å². The molecule has 8 nitrogen and oxygen atoms in total. The largest absolute Gasteiger partial charge is 0.368 e. The molecular formula is C31H40N8S. The van der Waals surface area contributed by atoms with Gasteiger partial charge in [-0.05, 0) is 55.3 Å². The number of anilines is 3. The van der Waals surface area contributed by atoms with E-state index in [1.165, 1.54) is 10.6 Å². The molecule has 1 aromatic carbocycles. The average Bonchev–Trinajstić information content (AvgIpc) is 3.53. The van der Waals surface area contributed by atoms with Gasteiger partial charge >= 0.3 is 0 Å². The van der Waals surface area contributed by atoms with E-state index in [-0.39, 0.29) is 0 Å². The molecule has 0 radical (unpaired) electrons. The van der Waals surface area contributed by atoms with E-state index in [2.05, 4.69) is 71.5 Å². The minimum Gasteiger partial charge on any atom is -0.368 e. The Labute approximate surface area is 242 Å². The summed E-state index contributed by atoms with van der Waals surface area (Å²) in [6, 6.07) is 10.5. The Morgan fingerprint density at radius 2 is 1.73 bits per heavy atom. The molecule has 4 heterocycles. The molecule has 0 saturated carbocycles. The number of hydrogen-bond donors (Lipinski definition) is 4. The monoisotopic (exact) mass is 556 g/mol. The lowest BCUT2D eigenvalue weighted by Gasteiger charge is -2.33. The third kappa shape index (κ3) is 9.24. The van der Waals surface area contributed by atoms with Crippen LogP contribution in [0.3, 0.4) is 0 Å². The Bertz CT molecular complexity index is 1250. The van der Waals surface area contributed by atoms with Gasteiger partial charge in [-0.15, -0.1) is 0 Å². The highest BCUT2D eigenvalue weighted by Gasteiger charge is 2.19. The van der Waals surface area contributed by atoms with E-state index < -0.39 is 0 Å². The molecule has 0 bridgehead atoms. The summed E-state index contributed by atoms with van der Waals surface area (Å²) >= 11 is 1.87. The Kier molecular flexibility index (Phi) is 11.6. The summed E-state index contributed by atoms with van der Waals surface area (Å²) in [5.41, 5.74) is 5.47. The van der Waals surface area contributed by atoms with E-state index >= 15 is 0 Å². The maximum Gasteiger partial charge on any atom is 0.227 e. The molecule has 0 atom stereocenters. The predicted octanol–water partition coefficient (Wildman–Crippen LogP) is 5.35. The molecule has 4 N–H and O–H groups in total. The number of piperazine rings is 2. The average molecular weight is 557 g/mol. The van der Waals surface area contributed by atoms with Crippen LogP contribution in [0.2, 0.25) is 0 Å². The van der Waals surface area contributed by atoms with Crippen LogP contribution in [0.15, 0.2) is 90.8 Å². The summed E-state index contributed by atoms with van der Waals surface area (Å²) < 4.78 is 2.45. The highest BCUT2D eigenvalue weighted by atomic mass is 32.2. The zero-order valence-electron chi connectivity index (χ0n) is 23.3. The van der Waals surface area contributed by atoms with Gasteiger partial charge in [-0.25, -0.2) is 14.3 Å². The van der Waals surface area contributed by atoms with E-state index in [4.69, 9.17) is 0 Å². The Morgan fingerprint density at radius 3 is 2.38 bits per heavy atom. The first-order valence-electron chi connectivity index (χ1n) is 13.7. The van der Waals surface area contributed by atoms with Crippen LogP contribution in [0, 0.1) is 0 Å². The zero-order valence-corrected chi connectivity index (χ0v) is 24.1. The normalized spacial score (nSPS) is 16.3. The molecule has 2 aliphatic rings. The molecule has 40 heavy (non-hydrogen) atoms. The first-order chi connectivity index (χ1) is 19.6. The second-order valence-corrected chi connectivity index (χ2v) is 10.6. The molecular weight excluding hydrogens is 516 g/mol. The maximum atomic E-state index is 4.37. The molecule has 2 fully saturated rings. The predicted molar refractivity (Wildman–Crippen MR) is 171 cm³/mol. The molecule has 2 aliphatic heterocycles. The van der Waals surface area contributed by atoms with Crippen molar-refractivity contribution in [1.29, 1.82) is 0 Å². The molecule has 0 unspecified atom stereocenters. The molecule has 210 valence electrons. The molecule has 3 aromatic rings. The lowest BCUT2D eigenvalue weighted by Crippen LogP contribution is -2.44. The number of aromatic nitrogens is 3. The fourth-order valence-electron chi connectivity index (χ4n) is 4.16. The van der Waals surface area contributed by atoms with Crippen LogP contribution in [0.1, 0.15) is 18.2 Å².